The molecule has 0 aliphatic carbocycles. The molecule has 0 spiro atoms. The van der Waals surface area contributed by atoms with E-state index < -0.39 is 0 Å². The number of ketones is 1. The maximum Gasteiger partial charge on any atom is 0.234 e. The second-order valence-electron chi connectivity index (χ2n) is 5.17. The van der Waals surface area contributed by atoms with Crippen molar-refractivity contribution in [2.45, 2.75) is 12.1 Å². The fourth-order valence-electron chi connectivity index (χ4n) is 2.11. The average molecular weight is 353 g/mol. The van der Waals surface area contributed by atoms with E-state index in [-0.39, 0.29) is 17.4 Å². The summed E-state index contributed by atoms with van der Waals surface area (Å²) in [5, 5.41) is 11.3. The summed E-state index contributed by atoms with van der Waals surface area (Å²) in [7, 11) is 0. The van der Waals surface area contributed by atoms with Crippen molar-refractivity contribution in [1.82, 2.24) is 19.7 Å². The molecule has 0 aliphatic rings. The minimum absolute atomic E-state index is 0.0110. The van der Waals surface area contributed by atoms with Crippen molar-refractivity contribution in [3.8, 4) is 5.69 Å². The Morgan fingerprint density at radius 2 is 2.00 bits per heavy atom. The first kappa shape index (κ1) is 16.8. The van der Waals surface area contributed by atoms with Gasteiger partial charge in [-0.1, -0.05) is 11.8 Å². The number of amides is 1. The second kappa shape index (κ2) is 7.71. The summed E-state index contributed by atoms with van der Waals surface area (Å²) in [5.74, 6) is 0.0115. The largest absolute Gasteiger partial charge is 0.325 e. The van der Waals surface area contributed by atoms with E-state index in [0.717, 1.165) is 5.69 Å². The number of Topliss-reactive ketones (excluding diaryl/α,β-unsaturated/α-hetero) is 1. The van der Waals surface area contributed by atoms with Crippen LogP contribution in [0.15, 0.2) is 60.3 Å². The number of hydrogen-bond donors (Lipinski definition) is 1. The molecule has 2 aromatic heterocycles. The van der Waals surface area contributed by atoms with Crippen LogP contribution in [0.25, 0.3) is 5.69 Å². The summed E-state index contributed by atoms with van der Waals surface area (Å²) >= 11 is 1.28. The fourth-order valence-corrected chi connectivity index (χ4v) is 2.84. The van der Waals surface area contributed by atoms with Crippen molar-refractivity contribution in [3.63, 3.8) is 0 Å². The van der Waals surface area contributed by atoms with Crippen LogP contribution in [-0.4, -0.2) is 37.2 Å². The van der Waals surface area contributed by atoms with Gasteiger partial charge in [-0.25, -0.2) is 0 Å². The number of benzene rings is 1. The van der Waals surface area contributed by atoms with E-state index in [4.69, 9.17) is 0 Å². The Labute approximate surface area is 148 Å². The van der Waals surface area contributed by atoms with Gasteiger partial charge in [0.05, 0.1) is 17.6 Å². The van der Waals surface area contributed by atoms with Crippen LogP contribution in [0.5, 0.6) is 0 Å². The Bertz CT molecular complexity index is 878. The molecule has 0 bridgehead atoms. The molecular weight excluding hydrogens is 338 g/mol. The lowest BCUT2D eigenvalue weighted by Gasteiger charge is -2.07. The van der Waals surface area contributed by atoms with Crippen LogP contribution in [0.3, 0.4) is 0 Å². The number of aromatic nitrogens is 4. The lowest BCUT2D eigenvalue weighted by atomic mass is 10.1. The maximum atomic E-state index is 12.1. The summed E-state index contributed by atoms with van der Waals surface area (Å²) in [4.78, 5) is 27.4. The highest BCUT2D eigenvalue weighted by atomic mass is 32.2. The zero-order chi connectivity index (χ0) is 17.6. The van der Waals surface area contributed by atoms with Crippen LogP contribution < -0.4 is 5.32 Å². The van der Waals surface area contributed by atoms with E-state index in [1.165, 1.54) is 18.7 Å². The monoisotopic (exact) mass is 353 g/mol. The van der Waals surface area contributed by atoms with E-state index in [9.17, 15) is 9.59 Å². The van der Waals surface area contributed by atoms with Gasteiger partial charge in [-0.3, -0.25) is 19.1 Å². The molecule has 126 valence electrons. The molecule has 0 fully saturated rings. The summed E-state index contributed by atoms with van der Waals surface area (Å²) < 4.78 is 1.77. The van der Waals surface area contributed by atoms with E-state index in [1.807, 2.05) is 12.1 Å². The molecule has 25 heavy (non-hydrogen) atoms. The molecule has 1 N–H and O–H groups in total. The Kier molecular flexibility index (Phi) is 5.20. The lowest BCUT2D eigenvalue weighted by Crippen LogP contribution is -2.14. The number of carbonyl (C=O) groups excluding carboxylic acids is 2. The van der Waals surface area contributed by atoms with Gasteiger partial charge in [0, 0.05) is 17.4 Å². The zero-order valence-corrected chi connectivity index (χ0v) is 14.2. The Morgan fingerprint density at radius 1 is 1.20 bits per heavy atom. The number of nitrogens with one attached hydrogen (secondary N) is 1. The van der Waals surface area contributed by atoms with Crippen LogP contribution in [0.4, 0.5) is 5.69 Å². The zero-order valence-electron chi connectivity index (χ0n) is 13.4. The van der Waals surface area contributed by atoms with Gasteiger partial charge >= 0.3 is 0 Å². The summed E-state index contributed by atoms with van der Waals surface area (Å²) in [6, 6.07) is 10.5. The van der Waals surface area contributed by atoms with Gasteiger partial charge < -0.3 is 5.32 Å². The summed E-state index contributed by atoms with van der Waals surface area (Å²) in [6.45, 7) is 1.50. The minimum atomic E-state index is -0.165. The molecule has 7 nitrogen and oxygen atoms in total. The molecule has 0 unspecified atom stereocenters. The number of nitrogens with zero attached hydrogens (tertiary/aromatic N) is 4. The van der Waals surface area contributed by atoms with E-state index in [1.54, 1.807) is 47.6 Å². The summed E-state index contributed by atoms with van der Waals surface area (Å²) in [6.07, 6.45) is 4.97. The number of carbonyl (C=O) groups is 2. The van der Waals surface area contributed by atoms with Crippen LogP contribution in [-0.2, 0) is 4.79 Å². The second-order valence-corrected chi connectivity index (χ2v) is 6.11. The normalized spacial score (nSPS) is 10.4. The highest BCUT2D eigenvalue weighted by molar-refractivity contribution is 7.99. The first-order valence-electron chi connectivity index (χ1n) is 7.47. The SMILES string of the molecule is CC(=O)c1ccc(NC(=O)CSc2nncn2-c2cccnc2)cc1. The van der Waals surface area contributed by atoms with E-state index in [0.29, 0.717) is 16.4 Å². The maximum absolute atomic E-state index is 12.1. The quantitative estimate of drug-likeness (QED) is 0.541. The molecular formula is C17H15N5O2S. The van der Waals surface area contributed by atoms with Crippen molar-refractivity contribution in [1.29, 1.82) is 0 Å². The highest BCUT2D eigenvalue weighted by Gasteiger charge is 2.10. The number of rotatable bonds is 6. The topological polar surface area (TPSA) is 89.8 Å². The van der Waals surface area contributed by atoms with Crippen LogP contribution in [0.2, 0.25) is 0 Å². The van der Waals surface area contributed by atoms with E-state index >= 15 is 0 Å². The molecule has 0 aliphatic heterocycles. The molecule has 8 heteroatoms. The molecule has 0 atom stereocenters. The van der Waals surface area contributed by atoms with Crippen molar-refractivity contribution in [2.24, 2.45) is 0 Å². The van der Waals surface area contributed by atoms with Crippen LogP contribution in [0.1, 0.15) is 17.3 Å². The van der Waals surface area contributed by atoms with Gasteiger partial charge in [0.15, 0.2) is 10.9 Å². The smallest absolute Gasteiger partial charge is 0.234 e. The van der Waals surface area contributed by atoms with E-state index in [2.05, 4.69) is 20.5 Å². The van der Waals surface area contributed by atoms with Gasteiger partial charge in [-0.15, -0.1) is 10.2 Å². The summed E-state index contributed by atoms with van der Waals surface area (Å²) in [5.41, 5.74) is 2.08. The highest BCUT2D eigenvalue weighted by Crippen LogP contribution is 2.19. The number of hydrogen-bond acceptors (Lipinski definition) is 6. The van der Waals surface area contributed by atoms with Gasteiger partial charge in [-0.05, 0) is 43.3 Å². The van der Waals surface area contributed by atoms with Gasteiger partial charge in [-0.2, -0.15) is 0 Å². The number of anilines is 1. The first-order valence-corrected chi connectivity index (χ1v) is 8.46. The standard InChI is InChI=1S/C17H15N5O2S/c1-12(23)13-4-6-14(7-5-13)20-16(24)10-25-17-21-19-11-22(17)15-3-2-8-18-9-15/h2-9,11H,10H2,1H3,(H,20,24). The third-order valence-electron chi connectivity index (χ3n) is 3.35. The number of pyridine rings is 1. The van der Waals surface area contributed by atoms with Crippen molar-refractivity contribution in [3.05, 3.63) is 60.7 Å². The first-order chi connectivity index (χ1) is 12.1. The van der Waals surface area contributed by atoms with Crippen LogP contribution >= 0.6 is 11.8 Å². The van der Waals surface area contributed by atoms with Gasteiger partial charge in [0.25, 0.3) is 0 Å². The Morgan fingerprint density at radius 3 is 2.68 bits per heavy atom. The molecule has 2 heterocycles. The molecule has 3 aromatic rings. The minimum Gasteiger partial charge on any atom is -0.325 e. The fraction of sp³-hybridized carbons (Fsp3) is 0.118. The third-order valence-corrected chi connectivity index (χ3v) is 4.29. The lowest BCUT2D eigenvalue weighted by molar-refractivity contribution is -0.113. The van der Waals surface area contributed by atoms with Gasteiger partial charge in [0.2, 0.25) is 5.91 Å². The molecule has 1 aromatic carbocycles. The number of thioether (sulfide) groups is 1. The van der Waals surface area contributed by atoms with Crippen molar-refractivity contribution < 1.29 is 9.59 Å². The predicted octanol–water partition coefficient (Wildman–Crippen LogP) is 2.60. The molecule has 0 saturated carbocycles. The molecule has 0 saturated heterocycles. The van der Waals surface area contributed by atoms with Crippen molar-refractivity contribution >= 4 is 29.1 Å². The van der Waals surface area contributed by atoms with Crippen molar-refractivity contribution in [2.75, 3.05) is 11.1 Å². The van der Waals surface area contributed by atoms with Crippen LogP contribution in [0, 0.1) is 0 Å². The average Bonchev–Trinajstić information content (AvgIpc) is 3.10. The molecule has 1 amide bonds. The Balaban J connectivity index is 1.60. The molecule has 3 rings (SSSR count). The third kappa shape index (κ3) is 4.30. The Hall–Kier alpha value is -3.00. The van der Waals surface area contributed by atoms with Gasteiger partial charge in [0.1, 0.15) is 6.33 Å². The molecule has 0 radical (unpaired) electrons. The predicted molar refractivity (Wildman–Crippen MR) is 95.0 cm³/mol.